The van der Waals surface area contributed by atoms with Crippen molar-refractivity contribution in [2.75, 3.05) is 19.6 Å². The normalized spacial score (nSPS) is 19.9. The van der Waals surface area contributed by atoms with E-state index in [4.69, 9.17) is 21.1 Å². The molecule has 0 aliphatic carbocycles. The Morgan fingerprint density at radius 1 is 1.29 bits per heavy atom. The average Bonchev–Trinajstić information content (AvgIpc) is 2.65. The van der Waals surface area contributed by atoms with Crippen molar-refractivity contribution in [1.82, 2.24) is 0 Å². The van der Waals surface area contributed by atoms with Crippen LogP contribution in [0.3, 0.4) is 0 Å². The van der Waals surface area contributed by atoms with E-state index in [0.29, 0.717) is 5.71 Å². The zero-order chi connectivity index (χ0) is 21.1. The molecule has 1 aromatic rings. The summed E-state index contributed by atoms with van der Waals surface area (Å²) in [5.74, 6) is -3.83. The van der Waals surface area contributed by atoms with Crippen molar-refractivity contribution >= 4 is 29.3 Å². The van der Waals surface area contributed by atoms with Crippen molar-refractivity contribution in [3.63, 3.8) is 0 Å². The molecule has 1 heterocycles. The van der Waals surface area contributed by atoms with Crippen LogP contribution in [0, 0.1) is 5.92 Å². The number of carbonyl (C=O) groups is 2. The van der Waals surface area contributed by atoms with Crippen LogP contribution in [0.1, 0.15) is 30.9 Å². The number of nitrogens with zero attached hydrogens (tertiary/aromatic N) is 1. The lowest BCUT2D eigenvalue weighted by Crippen LogP contribution is -2.37. The first-order valence-electron chi connectivity index (χ1n) is 8.41. The van der Waals surface area contributed by atoms with E-state index in [-0.39, 0.29) is 29.3 Å². The van der Waals surface area contributed by atoms with Gasteiger partial charge in [0, 0.05) is 11.6 Å². The van der Waals surface area contributed by atoms with E-state index in [2.05, 4.69) is 4.99 Å². The maximum Gasteiger partial charge on any atom is 0.416 e. The molecule has 2 unspecified atom stereocenters. The van der Waals surface area contributed by atoms with Gasteiger partial charge in [0.2, 0.25) is 0 Å². The van der Waals surface area contributed by atoms with Crippen LogP contribution >= 0.6 is 11.6 Å². The number of carbonyl (C=O) groups excluding carboxylic acids is 2. The molecule has 0 amide bonds. The van der Waals surface area contributed by atoms with Gasteiger partial charge in [-0.3, -0.25) is 9.79 Å². The Bertz CT molecular complexity index is 833. The minimum absolute atomic E-state index is 0.0551. The summed E-state index contributed by atoms with van der Waals surface area (Å²) in [6.07, 6.45) is -4.59. The van der Waals surface area contributed by atoms with Gasteiger partial charge in [-0.1, -0.05) is 18.2 Å². The van der Waals surface area contributed by atoms with Crippen LogP contribution in [0.2, 0.25) is 0 Å². The predicted molar refractivity (Wildman–Crippen MR) is 97.2 cm³/mol. The molecule has 0 spiro atoms. The molecular weight excluding hydrogens is 399 g/mol. The smallest absolute Gasteiger partial charge is 0.416 e. The number of alkyl halides is 4. The molecule has 0 bridgehead atoms. The molecule has 1 aliphatic heterocycles. The topological polar surface area (TPSA) is 65.0 Å². The van der Waals surface area contributed by atoms with E-state index in [0.717, 1.165) is 19.2 Å². The van der Waals surface area contributed by atoms with Gasteiger partial charge in [0.1, 0.15) is 5.92 Å². The number of hydrogen-bond donors (Lipinski definition) is 0. The molecule has 0 aromatic heterocycles. The van der Waals surface area contributed by atoms with Crippen LogP contribution in [-0.2, 0) is 25.2 Å². The fourth-order valence-corrected chi connectivity index (χ4v) is 3.40. The summed E-state index contributed by atoms with van der Waals surface area (Å²) >= 11 is 5.92. The summed E-state index contributed by atoms with van der Waals surface area (Å²) in [7, 11) is 1.13. The Hall–Kier alpha value is -2.35. The number of aliphatic imine (C=N–C) groups is 1. The van der Waals surface area contributed by atoms with Gasteiger partial charge >= 0.3 is 18.1 Å². The first-order chi connectivity index (χ1) is 13.1. The Morgan fingerprint density at radius 3 is 2.50 bits per heavy atom. The van der Waals surface area contributed by atoms with E-state index in [1.807, 2.05) is 0 Å². The van der Waals surface area contributed by atoms with Crippen LogP contribution in [0.25, 0.3) is 0 Å². The Kier molecular flexibility index (Phi) is 6.87. The Balaban J connectivity index is 2.73. The highest BCUT2D eigenvalue weighted by molar-refractivity contribution is 6.20. The monoisotopic (exact) mass is 417 g/mol. The van der Waals surface area contributed by atoms with Crippen molar-refractivity contribution in [2.45, 2.75) is 25.9 Å². The quantitative estimate of drug-likeness (QED) is 0.534. The fraction of sp³-hybridized carbons (Fsp3) is 0.421. The van der Waals surface area contributed by atoms with Crippen molar-refractivity contribution in [2.24, 2.45) is 10.9 Å². The van der Waals surface area contributed by atoms with Crippen LogP contribution in [0.5, 0.6) is 0 Å². The predicted octanol–water partition coefficient (Wildman–Crippen LogP) is 4.11. The highest BCUT2D eigenvalue weighted by Crippen LogP contribution is 2.42. The van der Waals surface area contributed by atoms with Gasteiger partial charge in [0.05, 0.1) is 36.4 Å². The van der Waals surface area contributed by atoms with Crippen molar-refractivity contribution in [3.05, 3.63) is 46.7 Å². The van der Waals surface area contributed by atoms with E-state index in [1.54, 1.807) is 13.8 Å². The van der Waals surface area contributed by atoms with Crippen molar-refractivity contribution in [3.8, 4) is 0 Å². The van der Waals surface area contributed by atoms with E-state index < -0.39 is 35.5 Å². The molecule has 0 fully saturated rings. The second-order valence-electron chi connectivity index (χ2n) is 6.07. The lowest BCUT2D eigenvalue weighted by atomic mass is 9.75. The van der Waals surface area contributed by atoms with Gasteiger partial charge in [-0.25, -0.2) is 4.79 Å². The van der Waals surface area contributed by atoms with Crippen LogP contribution in [0.4, 0.5) is 13.2 Å². The molecule has 0 saturated carbocycles. The Morgan fingerprint density at radius 2 is 1.96 bits per heavy atom. The van der Waals surface area contributed by atoms with Crippen LogP contribution in [0.15, 0.2) is 40.5 Å². The summed E-state index contributed by atoms with van der Waals surface area (Å²) in [6, 6.07) is 4.46. The summed E-state index contributed by atoms with van der Waals surface area (Å²) in [5, 5.41) is 0. The largest absolute Gasteiger partial charge is 0.466 e. The third-order valence-corrected chi connectivity index (χ3v) is 4.62. The number of benzene rings is 1. The third-order valence-electron chi connectivity index (χ3n) is 4.36. The van der Waals surface area contributed by atoms with Crippen LogP contribution in [-0.4, -0.2) is 37.2 Å². The van der Waals surface area contributed by atoms with Gasteiger partial charge < -0.3 is 9.47 Å². The maximum absolute atomic E-state index is 13.2. The lowest BCUT2D eigenvalue weighted by molar-refractivity contribution is -0.146. The SMILES string of the molecule is CCOC(=O)C1C(C)=NC(CCl)=C(C(=O)OC)C1c1cccc(C(F)(F)F)c1. The molecule has 0 radical (unpaired) electrons. The van der Waals surface area contributed by atoms with E-state index in [1.165, 1.54) is 12.1 Å². The molecule has 2 atom stereocenters. The molecule has 2 rings (SSSR count). The molecule has 0 saturated heterocycles. The van der Waals surface area contributed by atoms with Gasteiger partial charge in [0.15, 0.2) is 0 Å². The summed E-state index contributed by atoms with van der Waals surface area (Å²) in [5.41, 5.74) is -0.395. The summed E-state index contributed by atoms with van der Waals surface area (Å²) in [6.45, 7) is 3.22. The van der Waals surface area contributed by atoms with Crippen molar-refractivity contribution in [1.29, 1.82) is 0 Å². The number of esters is 2. The summed E-state index contributed by atoms with van der Waals surface area (Å²) in [4.78, 5) is 29.3. The second-order valence-corrected chi connectivity index (χ2v) is 6.34. The summed E-state index contributed by atoms with van der Waals surface area (Å²) < 4.78 is 49.5. The zero-order valence-electron chi connectivity index (χ0n) is 15.5. The number of halogens is 4. The molecule has 9 heteroatoms. The number of ether oxygens (including phenoxy) is 2. The number of methoxy groups -OCH3 is 1. The zero-order valence-corrected chi connectivity index (χ0v) is 16.2. The van der Waals surface area contributed by atoms with Gasteiger partial charge in [-0.2, -0.15) is 13.2 Å². The number of allylic oxidation sites excluding steroid dienone is 1. The Labute approximate surface area is 165 Å². The standard InChI is InChI=1S/C19H19ClF3NO4/c1-4-28-18(26)14-10(2)24-13(9-20)16(17(25)27-3)15(14)11-6-5-7-12(8-11)19(21,22)23/h5-8,14-15H,4,9H2,1-3H3. The van der Waals surface area contributed by atoms with E-state index in [9.17, 15) is 22.8 Å². The minimum Gasteiger partial charge on any atom is -0.466 e. The number of hydrogen-bond acceptors (Lipinski definition) is 5. The fourth-order valence-electron chi connectivity index (χ4n) is 3.19. The number of rotatable bonds is 5. The molecule has 1 aliphatic rings. The maximum atomic E-state index is 13.2. The molecule has 5 nitrogen and oxygen atoms in total. The van der Waals surface area contributed by atoms with Gasteiger partial charge in [-0.15, -0.1) is 11.6 Å². The molecular formula is C19H19ClF3NO4. The van der Waals surface area contributed by atoms with Crippen molar-refractivity contribution < 1.29 is 32.2 Å². The van der Waals surface area contributed by atoms with E-state index >= 15 is 0 Å². The molecule has 1 aromatic carbocycles. The molecule has 0 N–H and O–H groups in total. The van der Waals surface area contributed by atoms with Gasteiger partial charge in [0.25, 0.3) is 0 Å². The highest BCUT2D eigenvalue weighted by atomic mass is 35.5. The first kappa shape index (κ1) is 21.9. The van der Waals surface area contributed by atoms with Crippen LogP contribution < -0.4 is 0 Å². The highest BCUT2D eigenvalue weighted by Gasteiger charge is 2.43. The van der Waals surface area contributed by atoms with Gasteiger partial charge in [-0.05, 0) is 25.5 Å². The third kappa shape index (κ3) is 4.38. The molecule has 152 valence electrons. The molecule has 28 heavy (non-hydrogen) atoms. The average molecular weight is 418 g/mol. The second kappa shape index (κ2) is 8.77. The lowest BCUT2D eigenvalue weighted by Gasteiger charge is -2.32. The first-order valence-corrected chi connectivity index (χ1v) is 8.95. The minimum atomic E-state index is -4.59.